The number of fused-ring (bicyclic) bond motifs is 1. The maximum atomic E-state index is 4.86. The fourth-order valence-corrected chi connectivity index (χ4v) is 2.82. The highest BCUT2D eigenvalue weighted by atomic mass is 15.0. The minimum atomic E-state index is 0.975. The molecule has 0 aliphatic rings. The minimum absolute atomic E-state index is 0.975. The summed E-state index contributed by atoms with van der Waals surface area (Å²) in [5.41, 5.74) is 6.69. The molecule has 0 saturated heterocycles. The second-order valence-corrected chi connectivity index (χ2v) is 5.48. The van der Waals surface area contributed by atoms with Gasteiger partial charge in [0.05, 0.1) is 11.4 Å². The standard InChI is InChI=1S/C20H16N2/c1-15-12-13-18-21-19(16-8-4-2-5-9-16)20(22(18)14-15)17-10-6-3-7-11-17/h2-14H,1H3. The maximum Gasteiger partial charge on any atom is 0.137 e. The van der Waals surface area contributed by atoms with Gasteiger partial charge in [-0.15, -0.1) is 0 Å². The maximum absolute atomic E-state index is 4.86. The summed E-state index contributed by atoms with van der Waals surface area (Å²) in [5, 5.41) is 0. The second-order valence-electron chi connectivity index (χ2n) is 5.48. The molecule has 0 amide bonds. The number of aromatic nitrogens is 2. The summed E-state index contributed by atoms with van der Waals surface area (Å²) >= 11 is 0. The van der Waals surface area contributed by atoms with Gasteiger partial charge in [-0.2, -0.15) is 0 Å². The molecule has 0 radical (unpaired) electrons. The Morgan fingerprint density at radius 3 is 2.05 bits per heavy atom. The number of hydrogen-bond acceptors (Lipinski definition) is 1. The first-order chi connectivity index (χ1) is 10.8. The lowest BCUT2D eigenvalue weighted by atomic mass is 10.1. The average molecular weight is 284 g/mol. The third-order valence-electron chi connectivity index (χ3n) is 3.86. The van der Waals surface area contributed by atoms with Gasteiger partial charge in [0, 0.05) is 17.3 Å². The predicted molar refractivity (Wildman–Crippen MR) is 90.8 cm³/mol. The number of aryl methyl sites for hydroxylation is 1. The van der Waals surface area contributed by atoms with E-state index in [1.165, 1.54) is 11.1 Å². The zero-order valence-electron chi connectivity index (χ0n) is 12.4. The van der Waals surface area contributed by atoms with Crippen molar-refractivity contribution >= 4 is 5.65 Å². The molecule has 0 atom stereocenters. The fraction of sp³-hybridized carbons (Fsp3) is 0.0500. The molecule has 0 saturated carbocycles. The van der Waals surface area contributed by atoms with Crippen LogP contribution in [0.25, 0.3) is 28.2 Å². The molecule has 106 valence electrons. The van der Waals surface area contributed by atoms with Crippen molar-refractivity contribution in [1.82, 2.24) is 9.38 Å². The van der Waals surface area contributed by atoms with Gasteiger partial charge in [0.2, 0.25) is 0 Å². The van der Waals surface area contributed by atoms with Crippen molar-refractivity contribution in [3.05, 3.63) is 84.6 Å². The lowest BCUT2D eigenvalue weighted by Gasteiger charge is -2.06. The van der Waals surface area contributed by atoms with Crippen molar-refractivity contribution in [1.29, 1.82) is 0 Å². The van der Waals surface area contributed by atoms with Crippen LogP contribution in [0.5, 0.6) is 0 Å². The Bertz CT molecular complexity index is 922. The van der Waals surface area contributed by atoms with Crippen molar-refractivity contribution in [2.75, 3.05) is 0 Å². The van der Waals surface area contributed by atoms with Crippen molar-refractivity contribution in [2.45, 2.75) is 6.92 Å². The summed E-state index contributed by atoms with van der Waals surface area (Å²) in [5.74, 6) is 0. The van der Waals surface area contributed by atoms with Crippen LogP contribution in [0.1, 0.15) is 5.56 Å². The highest BCUT2D eigenvalue weighted by molar-refractivity contribution is 5.82. The molecule has 0 bridgehead atoms. The molecule has 0 aliphatic carbocycles. The van der Waals surface area contributed by atoms with Gasteiger partial charge in [-0.1, -0.05) is 66.7 Å². The summed E-state index contributed by atoms with van der Waals surface area (Å²) in [6, 6.07) is 25.0. The molecule has 2 heteroatoms. The topological polar surface area (TPSA) is 17.3 Å². The number of pyridine rings is 1. The van der Waals surface area contributed by atoms with E-state index in [1.807, 2.05) is 12.1 Å². The molecular weight excluding hydrogens is 268 g/mol. The van der Waals surface area contributed by atoms with E-state index in [4.69, 9.17) is 4.98 Å². The van der Waals surface area contributed by atoms with Crippen LogP contribution in [-0.2, 0) is 0 Å². The molecule has 0 N–H and O–H groups in total. The average Bonchev–Trinajstić information content (AvgIpc) is 2.95. The molecule has 2 aromatic heterocycles. The summed E-state index contributed by atoms with van der Waals surface area (Å²) in [6.45, 7) is 2.11. The number of rotatable bonds is 2. The third-order valence-corrected chi connectivity index (χ3v) is 3.86. The summed E-state index contributed by atoms with van der Waals surface area (Å²) in [6.07, 6.45) is 2.15. The molecular formula is C20H16N2. The summed E-state index contributed by atoms with van der Waals surface area (Å²) in [7, 11) is 0. The van der Waals surface area contributed by atoms with Crippen LogP contribution in [0, 0.1) is 6.92 Å². The number of hydrogen-bond donors (Lipinski definition) is 0. The van der Waals surface area contributed by atoms with Crippen LogP contribution in [-0.4, -0.2) is 9.38 Å². The Balaban J connectivity index is 2.08. The molecule has 0 spiro atoms. The first kappa shape index (κ1) is 12.8. The third kappa shape index (κ3) is 2.09. The predicted octanol–water partition coefficient (Wildman–Crippen LogP) is 4.98. The Labute approximate surface area is 129 Å². The van der Waals surface area contributed by atoms with E-state index in [9.17, 15) is 0 Å². The van der Waals surface area contributed by atoms with E-state index >= 15 is 0 Å². The van der Waals surface area contributed by atoms with E-state index < -0.39 is 0 Å². The van der Waals surface area contributed by atoms with Gasteiger partial charge >= 0.3 is 0 Å². The molecule has 2 aromatic carbocycles. The summed E-state index contributed by atoms with van der Waals surface area (Å²) < 4.78 is 2.19. The van der Waals surface area contributed by atoms with Crippen LogP contribution in [0.15, 0.2) is 79.0 Å². The van der Waals surface area contributed by atoms with Crippen molar-refractivity contribution in [3.8, 4) is 22.5 Å². The van der Waals surface area contributed by atoms with Crippen LogP contribution in [0.4, 0.5) is 0 Å². The first-order valence-corrected chi connectivity index (χ1v) is 7.42. The second kappa shape index (κ2) is 5.15. The Morgan fingerprint density at radius 1 is 0.727 bits per heavy atom. The number of benzene rings is 2. The van der Waals surface area contributed by atoms with Crippen LogP contribution < -0.4 is 0 Å². The molecule has 2 nitrogen and oxygen atoms in total. The Hall–Kier alpha value is -2.87. The van der Waals surface area contributed by atoms with E-state index in [1.54, 1.807) is 0 Å². The van der Waals surface area contributed by atoms with Gasteiger partial charge in [-0.25, -0.2) is 4.98 Å². The van der Waals surface area contributed by atoms with Crippen LogP contribution in [0.2, 0.25) is 0 Å². The zero-order valence-corrected chi connectivity index (χ0v) is 12.4. The van der Waals surface area contributed by atoms with Crippen LogP contribution >= 0.6 is 0 Å². The van der Waals surface area contributed by atoms with E-state index in [2.05, 4.69) is 78.2 Å². The van der Waals surface area contributed by atoms with E-state index in [-0.39, 0.29) is 0 Å². The highest BCUT2D eigenvalue weighted by Gasteiger charge is 2.15. The Kier molecular flexibility index (Phi) is 3.01. The largest absolute Gasteiger partial charge is 0.299 e. The highest BCUT2D eigenvalue weighted by Crippen LogP contribution is 2.32. The molecule has 0 aliphatic heterocycles. The van der Waals surface area contributed by atoms with Gasteiger partial charge in [0.25, 0.3) is 0 Å². The van der Waals surface area contributed by atoms with Crippen molar-refractivity contribution in [2.24, 2.45) is 0 Å². The van der Waals surface area contributed by atoms with Gasteiger partial charge < -0.3 is 0 Å². The zero-order chi connectivity index (χ0) is 14.9. The number of nitrogens with zero attached hydrogens (tertiary/aromatic N) is 2. The SMILES string of the molecule is Cc1ccc2nc(-c3ccccc3)c(-c3ccccc3)n2c1. The smallest absolute Gasteiger partial charge is 0.137 e. The fourth-order valence-electron chi connectivity index (χ4n) is 2.82. The van der Waals surface area contributed by atoms with Gasteiger partial charge in [0.15, 0.2) is 0 Å². The van der Waals surface area contributed by atoms with Gasteiger partial charge in [-0.05, 0) is 18.6 Å². The molecule has 0 unspecified atom stereocenters. The minimum Gasteiger partial charge on any atom is -0.299 e. The Morgan fingerprint density at radius 2 is 1.36 bits per heavy atom. The number of imidazole rings is 1. The summed E-state index contributed by atoms with van der Waals surface area (Å²) in [4.78, 5) is 4.86. The molecule has 2 heterocycles. The lowest BCUT2D eigenvalue weighted by molar-refractivity contribution is 1.16. The van der Waals surface area contributed by atoms with Crippen LogP contribution in [0.3, 0.4) is 0 Å². The van der Waals surface area contributed by atoms with Crippen molar-refractivity contribution in [3.63, 3.8) is 0 Å². The first-order valence-electron chi connectivity index (χ1n) is 7.42. The van der Waals surface area contributed by atoms with E-state index in [0.29, 0.717) is 0 Å². The molecule has 0 fully saturated rings. The van der Waals surface area contributed by atoms with Gasteiger partial charge in [-0.3, -0.25) is 4.40 Å². The monoisotopic (exact) mass is 284 g/mol. The van der Waals surface area contributed by atoms with E-state index in [0.717, 1.165) is 22.6 Å². The molecule has 4 aromatic rings. The van der Waals surface area contributed by atoms with Gasteiger partial charge in [0.1, 0.15) is 5.65 Å². The quantitative estimate of drug-likeness (QED) is 0.507. The normalized spacial score (nSPS) is 11.0. The molecule has 4 rings (SSSR count). The van der Waals surface area contributed by atoms with Crippen molar-refractivity contribution < 1.29 is 0 Å². The molecule has 22 heavy (non-hydrogen) atoms. The lowest BCUT2D eigenvalue weighted by Crippen LogP contribution is -1.90.